The maximum absolute atomic E-state index is 12.4. The fraction of sp³-hybridized carbons (Fsp3) is 0.560. The van der Waals surface area contributed by atoms with Gasteiger partial charge < -0.3 is 14.7 Å². The van der Waals surface area contributed by atoms with E-state index in [2.05, 4.69) is 50.9 Å². The third-order valence-electron chi connectivity index (χ3n) is 6.59. The molecule has 0 radical (unpaired) electrons. The molecule has 1 N–H and O–H groups in total. The number of hydrogen-bond acceptors (Lipinski definition) is 6. The van der Waals surface area contributed by atoms with Crippen molar-refractivity contribution in [1.82, 2.24) is 19.8 Å². The molecule has 1 amide bonds. The third kappa shape index (κ3) is 6.35. The van der Waals surface area contributed by atoms with Crippen LogP contribution in [0.3, 0.4) is 0 Å². The van der Waals surface area contributed by atoms with Crippen LogP contribution in [0, 0.1) is 0 Å². The van der Waals surface area contributed by atoms with Crippen LogP contribution in [0.4, 0.5) is 11.6 Å². The summed E-state index contributed by atoms with van der Waals surface area (Å²) in [6, 6.07) is 12.1. The average molecular weight is 453 g/mol. The fourth-order valence-corrected chi connectivity index (χ4v) is 4.61. The molecule has 33 heavy (non-hydrogen) atoms. The number of amides is 1. The predicted molar refractivity (Wildman–Crippen MR) is 132 cm³/mol. The molecule has 1 aromatic heterocycles. The summed E-state index contributed by atoms with van der Waals surface area (Å²) < 4.78 is 0. The monoisotopic (exact) mass is 452 g/mol. The van der Waals surface area contributed by atoms with Crippen molar-refractivity contribution in [2.24, 2.45) is 0 Å². The quantitative estimate of drug-likeness (QED) is 0.620. The molecule has 0 aliphatic carbocycles. The fourth-order valence-electron chi connectivity index (χ4n) is 4.61. The number of benzene rings is 1. The first kappa shape index (κ1) is 23.3. The Bertz CT molecular complexity index is 947. The molecule has 2 aliphatic heterocycles. The topological polar surface area (TPSA) is 75.8 Å². The number of piperazine rings is 2. The lowest BCUT2D eigenvalue weighted by molar-refractivity contribution is -0.131. The molecule has 8 heteroatoms. The molecule has 2 fully saturated rings. The van der Waals surface area contributed by atoms with E-state index in [0.717, 1.165) is 51.1 Å². The summed E-state index contributed by atoms with van der Waals surface area (Å²) in [4.78, 5) is 41.2. The SMILES string of the molecule is CCCCCC(=O)N1CCN(c2nc(CN3CCN(c4ccccc4)CC3)cc(=O)[nH]2)CC1. The number of carbonyl (C=O) groups is 1. The van der Waals surface area contributed by atoms with Gasteiger partial charge in [-0.15, -0.1) is 0 Å². The number of unbranched alkanes of at least 4 members (excludes halogenated alkanes) is 2. The minimum atomic E-state index is -0.115. The second-order valence-corrected chi connectivity index (χ2v) is 8.98. The number of rotatable bonds is 8. The third-order valence-corrected chi connectivity index (χ3v) is 6.59. The Morgan fingerprint density at radius 1 is 0.939 bits per heavy atom. The number of hydrogen-bond donors (Lipinski definition) is 1. The summed E-state index contributed by atoms with van der Waals surface area (Å²) in [7, 11) is 0. The van der Waals surface area contributed by atoms with Crippen molar-refractivity contribution in [3.8, 4) is 0 Å². The zero-order valence-electron chi connectivity index (χ0n) is 19.7. The van der Waals surface area contributed by atoms with Crippen LogP contribution in [0.1, 0.15) is 38.3 Å². The van der Waals surface area contributed by atoms with Gasteiger partial charge in [0.25, 0.3) is 5.56 Å². The Morgan fingerprint density at radius 3 is 2.33 bits per heavy atom. The van der Waals surface area contributed by atoms with E-state index >= 15 is 0 Å². The molecule has 8 nitrogen and oxygen atoms in total. The van der Waals surface area contributed by atoms with Gasteiger partial charge in [0, 0.05) is 77.1 Å². The number of H-pyrrole nitrogens is 1. The van der Waals surface area contributed by atoms with Gasteiger partial charge in [-0.25, -0.2) is 4.98 Å². The standard InChI is InChI=1S/C25H36N6O2/c1-2-3-5-10-24(33)30-15-17-31(18-16-30)25-26-21(19-23(32)27-25)20-28-11-13-29(14-12-28)22-8-6-4-7-9-22/h4,6-9,19H,2-3,5,10-18,20H2,1H3,(H,26,27,32). The lowest BCUT2D eigenvalue weighted by atomic mass is 10.2. The summed E-state index contributed by atoms with van der Waals surface area (Å²) in [5, 5.41) is 0. The lowest BCUT2D eigenvalue weighted by Crippen LogP contribution is -2.49. The maximum Gasteiger partial charge on any atom is 0.252 e. The zero-order valence-corrected chi connectivity index (χ0v) is 19.7. The summed E-state index contributed by atoms with van der Waals surface area (Å²) in [6.45, 7) is 9.40. The van der Waals surface area contributed by atoms with E-state index in [9.17, 15) is 9.59 Å². The van der Waals surface area contributed by atoms with Gasteiger partial charge in [0.2, 0.25) is 11.9 Å². The molecule has 3 heterocycles. The minimum absolute atomic E-state index is 0.115. The van der Waals surface area contributed by atoms with E-state index in [1.54, 1.807) is 6.07 Å². The largest absolute Gasteiger partial charge is 0.369 e. The highest BCUT2D eigenvalue weighted by Gasteiger charge is 2.23. The molecule has 0 saturated carbocycles. The van der Waals surface area contributed by atoms with Crippen LogP contribution in [0.25, 0.3) is 0 Å². The molecule has 178 valence electrons. The van der Waals surface area contributed by atoms with E-state index < -0.39 is 0 Å². The van der Waals surface area contributed by atoms with Gasteiger partial charge in [-0.3, -0.25) is 19.5 Å². The van der Waals surface area contributed by atoms with E-state index in [1.807, 2.05) is 11.0 Å². The van der Waals surface area contributed by atoms with Crippen LogP contribution in [0.2, 0.25) is 0 Å². The minimum Gasteiger partial charge on any atom is -0.369 e. The van der Waals surface area contributed by atoms with Gasteiger partial charge in [-0.1, -0.05) is 38.0 Å². The van der Waals surface area contributed by atoms with Crippen molar-refractivity contribution in [3.63, 3.8) is 0 Å². The van der Waals surface area contributed by atoms with Crippen molar-refractivity contribution in [2.45, 2.75) is 39.2 Å². The Kier molecular flexibility index (Phi) is 7.99. The van der Waals surface area contributed by atoms with Gasteiger partial charge in [-0.2, -0.15) is 0 Å². The lowest BCUT2D eigenvalue weighted by Gasteiger charge is -2.36. The molecular weight excluding hydrogens is 416 g/mol. The smallest absolute Gasteiger partial charge is 0.252 e. The highest BCUT2D eigenvalue weighted by Crippen LogP contribution is 2.17. The molecule has 0 bridgehead atoms. The number of aromatic amines is 1. The highest BCUT2D eigenvalue weighted by atomic mass is 16.2. The van der Waals surface area contributed by atoms with Gasteiger partial charge in [-0.05, 0) is 18.6 Å². The predicted octanol–water partition coefficient (Wildman–Crippen LogP) is 2.32. The van der Waals surface area contributed by atoms with Crippen LogP contribution in [-0.2, 0) is 11.3 Å². The summed E-state index contributed by atoms with van der Waals surface area (Å²) >= 11 is 0. The molecule has 0 unspecified atom stereocenters. The number of nitrogens with one attached hydrogen (secondary N) is 1. The summed E-state index contributed by atoms with van der Waals surface area (Å²) in [5.41, 5.74) is 1.95. The van der Waals surface area contributed by atoms with Gasteiger partial charge in [0.15, 0.2) is 0 Å². The van der Waals surface area contributed by atoms with Crippen LogP contribution in [-0.4, -0.2) is 78.0 Å². The van der Waals surface area contributed by atoms with Crippen molar-refractivity contribution < 1.29 is 4.79 Å². The second kappa shape index (κ2) is 11.3. The van der Waals surface area contributed by atoms with Crippen LogP contribution < -0.4 is 15.4 Å². The summed E-state index contributed by atoms with van der Waals surface area (Å²) in [5.74, 6) is 0.867. The number of aromatic nitrogens is 2. The Labute approximate surface area is 196 Å². The van der Waals surface area contributed by atoms with Crippen LogP contribution in [0.5, 0.6) is 0 Å². The molecule has 1 aromatic carbocycles. The zero-order chi connectivity index (χ0) is 23.0. The van der Waals surface area contributed by atoms with Gasteiger partial charge >= 0.3 is 0 Å². The Morgan fingerprint density at radius 2 is 1.64 bits per heavy atom. The second-order valence-electron chi connectivity index (χ2n) is 8.98. The van der Waals surface area contributed by atoms with E-state index in [4.69, 9.17) is 4.98 Å². The number of anilines is 2. The van der Waals surface area contributed by atoms with Crippen LogP contribution in [0.15, 0.2) is 41.2 Å². The Hall–Kier alpha value is -2.87. The van der Waals surface area contributed by atoms with E-state index in [1.165, 1.54) is 5.69 Å². The first-order chi connectivity index (χ1) is 16.1. The molecule has 2 aliphatic rings. The first-order valence-corrected chi connectivity index (χ1v) is 12.3. The van der Waals surface area contributed by atoms with Crippen molar-refractivity contribution in [2.75, 3.05) is 62.2 Å². The molecule has 2 saturated heterocycles. The van der Waals surface area contributed by atoms with Crippen molar-refractivity contribution >= 4 is 17.5 Å². The van der Waals surface area contributed by atoms with E-state index in [-0.39, 0.29) is 11.5 Å². The number of para-hydroxylation sites is 1. The molecule has 0 spiro atoms. The Balaban J connectivity index is 1.30. The van der Waals surface area contributed by atoms with Crippen molar-refractivity contribution in [3.05, 3.63) is 52.4 Å². The van der Waals surface area contributed by atoms with Gasteiger partial charge in [0.05, 0.1) is 5.69 Å². The molecular formula is C25H36N6O2. The number of nitrogens with zero attached hydrogens (tertiary/aromatic N) is 5. The van der Waals surface area contributed by atoms with Crippen LogP contribution >= 0.6 is 0 Å². The highest BCUT2D eigenvalue weighted by molar-refractivity contribution is 5.76. The average Bonchev–Trinajstić information content (AvgIpc) is 2.85. The molecule has 2 aromatic rings. The molecule has 0 atom stereocenters. The normalized spacial score (nSPS) is 17.4. The van der Waals surface area contributed by atoms with Crippen molar-refractivity contribution in [1.29, 1.82) is 0 Å². The van der Waals surface area contributed by atoms with E-state index in [0.29, 0.717) is 45.1 Å². The van der Waals surface area contributed by atoms with Gasteiger partial charge in [0.1, 0.15) is 0 Å². The first-order valence-electron chi connectivity index (χ1n) is 12.3. The molecule has 4 rings (SSSR count). The summed E-state index contributed by atoms with van der Waals surface area (Å²) in [6.07, 6.45) is 3.83. The number of carbonyl (C=O) groups excluding carboxylic acids is 1. The maximum atomic E-state index is 12.4.